The maximum atomic E-state index is 4.49. The van der Waals surface area contributed by atoms with Gasteiger partial charge in [0.25, 0.3) is 0 Å². The number of H-pyrrole nitrogens is 1. The topological polar surface area (TPSA) is 40.7 Å². The van der Waals surface area contributed by atoms with E-state index in [1.807, 2.05) is 36.0 Å². The van der Waals surface area contributed by atoms with E-state index < -0.39 is 0 Å². The van der Waals surface area contributed by atoms with Gasteiger partial charge in [-0.25, -0.2) is 4.98 Å². The van der Waals surface area contributed by atoms with Crippen LogP contribution in [0, 0.1) is 0 Å². The van der Waals surface area contributed by atoms with Gasteiger partial charge in [0.2, 0.25) is 5.95 Å². The van der Waals surface area contributed by atoms with E-state index in [9.17, 15) is 0 Å². The lowest BCUT2D eigenvalue weighted by molar-refractivity contribution is 0.764. The molecule has 0 aliphatic heterocycles. The first-order valence-corrected chi connectivity index (χ1v) is 6.89. The number of hydrogen-bond acceptors (Lipinski definition) is 3. The van der Waals surface area contributed by atoms with E-state index in [0.717, 1.165) is 23.4 Å². The van der Waals surface area contributed by atoms with Crippen LogP contribution in [-0.4, -0.2) is 28.0 Å². The highest BCUT2D eigenvalue weighted by Crippen LogP contribution is 2.14. The molecule has 1 heterocycles. The number of fused-ring (bicyclic) bond motifs is 1. The first-order valence-electron chi connectivity index (χ1n) is 5.50. The summed E-state index contributed by atoms with van der Waals surface area (Å²) in [7, 11) is 0. The summed E-state index contributed by atoms with van der Waals surface area (Å²) in [6.07, 6.45) is 3.28. The Kier molecular flexibility index (Phi) is 3.72. The van der Waals surface area contributed by atoms with E-state index in [0.29, 0.717) is 6.04 Å². The van der Waals surface area contributed by atoms with Crippen molar-refractivity contribution in [3.05, 3.63) is 24.3 Å². The molecule has 0 amide bonds. The molecule has 0 saturated heterocycles. The van der Waals surface area contributed by atoms with Gasteiger partial charge in [0.05, 0.1) is 11.0 Å². The maximum Gasteiger partial charge on any atom is 0.201 e. The maximum absolute atomic E-state index is 4.49. The first-order chi connectivity index (χ1) is 7.79. The Morgan fingerprint density at radius 3 is 3.00 bits per heavy atom. The number of aromatic amines is 1. The Morgan fingerprint density at radius 2 is 2.25 bits per heavy atom. The highest BCUT2D eigenvalue weighted by molar-refractivity contribution is 7.98. The quantitative estimate of drug-likeness (QED) is 0.836. The molecule has 3 nitrogen and oxygen atoms in total. The van der Waals surface area contributed by atoms with Crippen molar-refractivity contribution < 1.29 is 0 Å². The van der Waals surface area contributed by atoms with Gasteiger partial charge in [-0.05, 0) is 37.5 Å². The molecule has 0 fully saturated rings. The average molecular weight is 235 g/mol. The number of hydrogen-bond donors (Lipinski definition) is 2. The Bertz CT molecular complexity index is 419. The van der Waals surface area contributed by atoms with Crippen LogP contribution < -0.4 is 5.32 Å². The monoisotopic (exact) mass is 235 g/mol. The molecule has 0 saturated carbocycles. The van der Waals surface area contributed by atoms with E-state index in [2.05, 4.69) is 28.5 Å². The van der Waals surface area contributed by atoms with Crippen LogP contribution in [0.2, 0.25) is 0 Å². The summed E-state index contributed by atoms with van der Waals surface area (Å²) in [5.41, 5.74) is 2.10. The largest absolute Gasteiger partial charge is 0.353 e. The second-order valence-corrected chi connectivity index (χ2v) is 4.92. The number of thioether (sulfide) groups is 1. The molecule has 4 heteroatoms. The minimum absolute atomic E-state index is 0.452. The van der Waals surface area contributed by atoms with Crippen LogP contribution in [0.25, 0.3) is 11.0 Å². The molecule has 2 N–H and O–H groups in total. The number of imidazole rings is 1. The third kappa shape index (κ3) is 2.70. The third-order valence-corrected chi connectivity index (χ3v) is 3.17. The van der Waals surface area contributed by atoms with Crippen molar-refractivity contribution in [2.45, 2.75) is 19.4 Å². The summed E-state index contributed by atoms with van der Waals surface area (Å²) in [5, 5.41) is 3.39. The predicted octanol–water partition coefficient (Wildman–Crippen LogP) is 3.12. The number of aromatic nitrogens is 2. The Labute approximate surface area is 100 Å². The molecule has 2 rings (SSSR count). The Balaban J connectivity index is 2.03. The SMILES string of the molecule is CSCCC(C)Nc1nc2ccccc2[nH]1. The van der Waals surface area contributed by atoms with Gasteiger partial charge in [-0.1, -0.05) is 12.1 Å². The molecule has 0 aliphatic carbocycles. The van der Waals surface area contributed by atoms with Crippen LogP contribution in [0.4, 0.5) is 5.95 Å². The van der Waals surface area contributed by atoms with Gasteiger partial charge in [-0.2, -0.15) is 11.8 Å². The molecule has 16 heavy (non-hydrogen) atoms. The molecular formula is C12H17N3S. The molecule has 0 radical (unpaired) electrons. The van der Waals surface area contributed by atoms with E-state index in [4.69, 9.17) is 0 Å². The lowest BCUT2D eigenvalue weighted by atomic mass is 10.3. The standard InChI is InChI=1S/C12H17N3S/c1-9(7-8-16-2)13-12-14-10-5-3-4-6-11(10)15-12/h3-6,9H,7-8H2,1-2H3,(H2,13,14,15). The van der Waals surface area contributed by atoms with Gasteiger partial charge < -0.3 is 10.3 Å². The molecule has 0 aliphatic rings. The van der Waals surface area contributed by atoms with Gasteiger partial charge >= 0.3 is 0 Å². The molecular weight excluding hydrogens is 218 g/mol. The number of nitrogens with one attached hydrogen (secondary N) is 2. The second-order valence-electron chi connectivity index (χ2n) is 3.93. The molecule has 1 atom stereocenters. The van der Waals surface area contributed by atoms with Crippen LogP contribution in [0.5, 0.6) is 0 Å². The highest BCUT2D eigenvalue weighted by atomic mass is 32.2. The summed E-state index contributed by atoms with van der Waals surface area (Å²) in [6, 6.07) is 8.53. The Morgan fingerprint density at radius 1 is 1.44 bits per heavy atom. The van der Waals surface area contributed by atoms with Gasteiger partial charge in [-0.3, -0.25) is 0 Å². The number of nitrogens with zero attached hydrogens (tertiary/aromatic N) is 1. The zero-order chi connectivity index (χ0) is 11.4. The summed E-state index contributed by atoms with van der Waals surface area (Å²) in [5.74, 6) is 2.05. The van der Waals surface area contributed by atoms with Gasteiger partial charge in [0.15, 0.2) is 0 Å². The molecule has 0 bridgehead atoms. The predicted molar refractivity (Wildman–Crippen MR) is 72.2 cm³/mol. The fourth-order valence-corrected chi connectivity index (χ4v) is 2.21. The van der Waals surface area contributed by atoms with Crippen LogP contribution in [0.15, 0.2) is 24.3 Å². The van der Waals surface area contributed by atoms with E-state index >= 15 is 0 Å². The van der Waals surface area contributed by atoms with Gasteiger partial charge in [0, 0.05) is 6.04 Å². The van der Waals surface area contributed by atoms with E-state index in [-0.39, 0.29) is 0 Å². The fourth-order valence-electron chi connectivity index (χ4n) is 1.62. The van der Waals surface area contributed by atoms with Crippen LogP contribution in [-0.2, 0) is 0 Å². The summed E-state index contributed by atoms with van der Waals surface area (Å²) >= 11 is 1.87. The highest BCUT2D eigenvalue weighted by Gasteiger charge is 2.05. The summed E-state index contributed by atoms with van der Waals surface area (Å²) < 4.78 is 0. The first kappa shape index (κ1) is 11.3. The molecule has 1 unspecified atom stereocenters. The van der Waals surface area contributed by atoms with Crippen LogP contribution in [0.1, 0.15) is 13.3 Å². The van der Waals surface area contributed by atoms with Crippen molar-refractivity contribution in [3.63, 3.8) is 0 Å². The number of benzene rings is 1. The Hall–Kier alpha value is -1.16. The molecule has 0 spiro atoms. The zero-order valence-corrected chi connectivity index (χ0v) is 10.5. The van der Waals surface area contributed by atoms with Crippen molar-refractivity contribution in [1.82, 2.24) is 9.97 Å². The fraction of sp³-hybridized carbons (Fsp3) is 0.417. The number of anilines is 1. The number of para-hydroxylation sites is 2. The normalized spacial score (nSPS) is 12.9. The van der Waals surface area contributed by atoms with Crippen molar-refractivity contribution >= 4 is 28.7 Å². The van der Waals surface area contributed by atoms with Crippen molar-refractivity contribution in [2.24, 2.45) is 0 Å². The molecule has 86 valence electrons. The van der Waals surface area contributed by atoms with Crippen molar-refractivity contribution in [2.75, 3.05) is 17.3 Å². The summed E-state index contributed by atoms with van der Waals surface area (Å²) in [4.78, 5) is 7.76. The lowest BCUT2D eigenvalue weighted by Crippen LogP contribution is -2.16. The molecule has 1 aromatic heterocycles. The van der Waals surface area contributed by atoms with Crippen LogP contribution in [0.3, 0.4) is 0 Å². The number of rotatable bonds is 5. The van der Waals surface area contributed by atoms with E-state index in [1.165, 1.54) is 5.75 Å². The van der Waals surface area contributed by atoms with Gasteiger partial charge in [-0.15, -0.1) is 0 Å². The minimum Gasteiger partial charge on any atom is -0.353 e. The van der Waals surface area contributed by atoms with Gasteiger partial charge in [0.1, 0.15) is 0 Å². The summed E-state index contributed by atoms with van der Waals surface area (Å²) in [6.45, 7) is 2.18. The second kappa shape index (κ2) is 5.25. The third-order valence-electron chi connectivity index (χ3n) is 2.53. The molecule has 2 aromatic rings. The molecule has 1 aromatic carbocycles. The van der Waals surface area contributed by atoms with E-state index in [1.54, 1.807) is 0 Å². The zero-order valence-electron chi connectivity index (χ0n) is 9.66. The van der Waals surface area contributed by atoms with Crippen molar-refractivity contribution in [1.29, 1.82) is 0 Å². The van der Waals surface area contributed by atoms with Crippen LogP contribution >= 0.6 is 11.8 Å². The van der Waals surface area contributed by atoms with Crippen molar-refractivity contribution in [3.8, 4) is 0 Å². The lowest BCUT2D eigenvalue weighted by Gasteiger charge is -2.11. The smallest absolute Gasteiger partial charge is 0.201 e. The minimum atomic E-state index is 0.452. The average Bonchev–Trinajstić information content (AvgIpc) is 2.68.